The third-order valence-electron chi connectivity index (χ3n) is 3.20. The second-order valence-electron chi connectivity index (χ2n) is 4.58. The zero-order valence-corrected chi connectivity index (χ0v) is 9.70. The summed E-state index contributed by atoms with van der Waals surface area (Å²) in [6.45, 7) is 0. The van der Waals surface area contributed by atoms with E-state index in [0.29, 0.717) is 17.4 Å². The Balaban J connectivity index is 1.99. The van der Waals surface area contributed by atoms with Crippen LogP contribution in [-0.2, 0) is 7.05 Å². The molecular formula is C12H19N3O. The third kappa shape index (κ3) is 2.38. The molecule has 0 atom stereocenters. The van der Waals surface area contributed by atoms with Crippen molar-refractivity contribution in [1.29, 1.82) is 0 Å². The van der Waals surface area contributed by atoms with Crippen molar-refractivity contribution < 1.29 is 4.79 Å². The summed E-state index contributed by atoms with van der Waals surface area (Å²) in [6.07, 6.45) is 7.71. The van der Waals surface area contributed by atoms with Crippen molar-refractivity contribution in [2.45, 2.75) is 38.1 Å². The largest absolute Gasteiger partial charge is 0.397 e. The highest BCUT2D eigenvalue weighted by Crippen LogP contribution is 2.18. The van der Waals surface area contributed by atoms with Crippen LogP contribution in [0.3, 0.4) is 0 Å². The summed E-state index contributed by atoms with van der Waals surface area (Å²) in [6, 6.07) is 2.07. The Morgan fingerprint density at radius 1 is 1.44 bits per heavy atom. The number of amides is 1. The topological polar surface area (TPSA) is 60.0 Å². The van der Waals surface area contributed by atoms with Gasteiger partial charge in [0.25, 0.3) is 5.91 Å². The van der Waals surface area contributed by atoms with Crippen LogP contribution in [-0.4, -0.2) is 16.5 Å². The Morgan fingerprint density at radius 3 is 2.69 bits per heavy atom. The summed E-state index contributed by atoms with van der Waals surface area (Å²) in [4.78, 5) is 12.0. The van der Waals surface area contributed by atoms with Crippen LogP contribution in [0.15, 0.2) is 12.3 Å². The summed E-state index contributed by atoms with van der Waals surface area (Å²) in [5.41, 5.74) is 6.93. The molecule has 0 saturated heterocycles. The van der Waals surface area contributed by atoms with Crippen molar-refractivity contribution >= 4 is 11.6 Å². The molecule has 2 rings (SSSR count). The van der Waals surface area contributed by atoms with E-state index in [-0.39, 0.29) is 5.91 Å². The summed E-state index contributed by atoms with van der Waals surface area (Å²) in [7, 11) is 1.84. The number of nitrogen functional groups attached to an aromatic ring is 1. The van der Waals surface area contributed by atoms with E-state index in [1.54, 1.807) is 16.8 Å². The number of hydrogen-bond donors (Lipinski definition) is 2. The van der Waals surface area contributed by atoms with Gasteiger partial charge in [-0.3, -0.25) is 4.79 Å². The molecule has 16 heavy (non-hydrogen) atoms. The zero-order valence-electron chi connectivity index (χ0n) is 9.70. The van der Waals surface area contributed by atoms with E-state index in [0.717, 1.165) is 12.8 Å². The van der Waals surface area contributed by atoms with Crippen molar-refractivity contribution in [3.63, 3.8) is 0 Å². The Hall–Kier alpha value is -1.45. The number of aromatic nitrogens is 1. The van der Waals surface area contributed by atoms with Crippen LogP contribution in [0.5, 0.6) is 0 Å². The van der Waals surface area contributed by atoms with Gasteiger partial charge in [-0.15, -0.1) is 0 Å². The lowest BCUT2D eigenvalue weighted by molar-refractivity contribution is 0.0919. The third-order valence-corrected chi connectivity index (χ3v) is 3.20. The maximum atomic E-state index is 12.0. The van der Waals surface area contributed by atoms with Crippen LogP contribution in [0.25, 0.3) is 0 Å². The number of rotatable bonds is 2. The Bertz CT molecular complexity index is 378. The number of hydrogen-bond acceptors (Lipinski definition) is 2. The van der Waals surface area contributed by atoms with Gasteiger partial charge in [-0.1, -0.05) is 19.3 Å². The minimum atomic E-state index is -0.00824. The number of nitrogens with two attached hydrogens (primary N) is 1. The van der Waals surface area contributed by atoms with Gasteiger partial charge in [-0.2, -0.15) is 0 Å². The van der Waals surface area contributed by atoms with Gasteiger partial charge >= 0.3 is 0 Å². The van der Waals surface area contributed by atoms with Crippen LogP contribution in [0.1, 0.15) is 42.6 Å². The molecule has 1 heterocycles. The van der Waals surface area contributed by atoms with Gasteiger partial charge in [0, 0.05) is 19.3 Å². The average Bonchev–Trinajstić information content (AvgIpc) is 2.59. The van der Waals surface area contributed by atoms with Gasteiger partial charge < -0.3 is 15.6 Å². The molecule has 0 unspecified atom stereocenters. The van der Waals surface area contributed by atoms with Gasteiger partial charge in [0.2, 0.25) is 0 Å². The fourth-order valence-electron chi connectivity index (χ4n) is 2.32. The predicted molar refractivity (Wildman–Crippen MR) is 64.2 cm³/mol. The molecule has 0 radical (unpaired) electrons. The van der Waals surface area contributed by atoms with E-state index in [4.69, 9.17) is 5.73 Å². The minimum Gasteiger partial charge on any atom is -0.397 e. The average molecular weight is 221 g/mol. The number of carbonyl (C=O) groups is 1. The fraction of sp³-hybridized carbons (Fsp3) is 0.583. The van der Waals surface area contributed by atoms with Gasteiger partial charge in [-0.25, -0.2) is 0 Å². The highest BCUT2D eigenvalue weighted by Gasteiger charge is 2.18. The number of carbonyl (C=O) groups excluding carboxylic acids is 1. The van der Waals surface area contributed by atoms with Gasteiger partial charge in [0.15, 0.2) is 0 Å². The number of aryl methyl sites for hydroxylation is 1. The van der Waals surface area contributed by atoms with E-state index >= 15 is 0 Å². The first-order chi connectivity index (χ1) is 7.66. The van der Waals surface area contributed by atoms with Crippen LogP contribution < -0.4 is 11.1 Å². The lowest BCUT2D eigenvalue weighted by atomic mass is 9.95. The van der Waals surface area contributed by atoms with Crippen LogP contribution >= 0.6 is 0 Å². The molecule has 1 fully saturated rings. The molecule has 1 aliphatic rings. The van der Waals surface area contributed by atoms with E-state index in [1.165, 1.54) is 19.3 Å². The quantitative estimate of drug-likeness (QED) is 0.798. The van der Waals surface area contributed by atoms with Crippen LogP contribution in [0, 0.1) is 0 Å². The first-order valence-corrected chi connectivity index (χ1v) is 5.89. The van der Waals surface area contributed by atoms with Crippen molar-refractivity contribution in [2.75, 3.05) is 5.73 Å². The van der Waals surface area contributed by atoms with Crippen molar-refractivity contribution in [3.05, 3.63) is 18.0 Å². The molecule has 3 N–H and O–H groups in total. The Morgan fingerprint density at radius 2 is 2.12 bits per heavy atom. The molecule has 1 aliphatic carbocycles. The standard InChI is InChI=1S/C12H19N3O/c1-15-8-9(13)7-11(15)12(16)14-10-5-3-2-4-6-10/h7-8,10H,2-6,13H2,1H3,(H,14,16). The highest BCUT2D eigenvalue weighted by molar-refractivity contribution is 5.93. The van der Waals surface area contributed by atoms with Crippen molar-refractivity contribution in [3.8, 4) is 0 Å². The summed E-state index contributed by atoms with van der Waals surface area (Å²) < 4.78 is 1.77. The maximum Gasteiger partial charge on any atom is 0.268 e. The molecule has 0 spiro atoms. The molecule has 88 valence electrons. The van der Waals surface area contributed by atoms with E-state index < -0.39 is 0 Å². The lowest BCUT2D eigenvalue weighted by Gasteiger charge is -2.22. The second kappa shape index (κ2) is 4.60. The minimum absolute atomic E-state index is 0.00824. The number of nitrogens with zero attached hydrogens (tertiary/aromatic N) is 1. The maximum absolute atomic E-state index is 12.0. The summed E-state index contributed by atoms with van der Waals surface area (Å²) in [5.74, 6) is -0.00824. The van der Waals surface area contributed by atoms with Crippen molar-refractivity contribution in [1.82, 2.24) is 9.88 Å². The summed E-state index contributed by atoms with van der Waals surface area (Å²) >= 11 is 0. The van der Waals surface area contributed by atoms with Crippen molar-refractivity contribution in [2.24, 2.45) is 7.05 Å². The van der Waals surface area contributed by atoms with Gasteiger partial charge in [-0.05, 0) is 18.9 Å². The highest BCUT2D eigenvalue weighted by atomic mass is 16.2. The normalized spacial score (nSPS) is 17.3. The lowest BCUT2D eigenvalue weighted by Crippen LogP contribution is -2.36. The number of anilines is 1. The molecule has 0 aliphatic heterocycles. The van der Waals surface area contributed by atoms with E-state index in [1.807, 2.05) is 7.05 Å². The van der Waals surface area contributed by atoms with E-state index in [2.05, 4.69) is 5.32 Å². The monoisotopic (exact) mass is 221 g/mol. The van der Waals surface area contributed by atoms with Gasteiger partial charge in [0.1, 0.15) is 5.69 Å². The molecule has 1 saturated carbocycles. The molecule has 1 amide bonds. The molecule has 0 aromatic carbocycles. The predicted octanol–water partition coefficient (Wildman–Crippen LogP) is 1.67. The van der Waals surface area contributed by atoms with Crippen LogP contribution in [0.2, 0.25) is 0 Å². The SMILES string of the molecule is Cn1cc(N)cc1C(=O)NC1CCCCC1. The first kappa shape index (κ1) is 11.0. The van der Waals surface area contributed by atoms with Gasteiger partial charge in [0.05, 0.1) is 5.69 Å². The Labute approximate surface area is 95.8 Å². The second-order valence-corrected chi connectivity index (χ2v) is 4.58. The molecule has 1 aromatic rings. The first-order valence-electron chi connectivity index (χ1n) is 5.89. The zero-order chi connectivity index (χ0) is 11.5. The fourth-order valence-corrected chi connectivity index (χ4v) is 2.32. The molecule has 0 bridgehead atoms. The molecular weight excluding hydrogens is 202 g/mol. The smallest absolute Gasteiger partial charge is 0.268 e. The molecule has 4 nitrogen and oxygen atoms in total. The molecule has 4 heteroatoms. The summed E-state index contributed by atoms with van der Waals surface area (Å²) in [5, 5.41) is 3.07. The number of nitrogens with one attached hydrogen (secondary N) is 1. The van der Waals surface area contributed by atoms with Crippen LogP contribution in [0.4, 0.5) is 5.69 Å². The Kier molecular flexibility index (Phi) is 3.17. The molecule has 1 aromatic heterocycles. The van der Waals surface area contributed by atoms with E-state index in [9.17, 15) is 4.79 Å².